The molecule has 0 saturated carbocycles. The van der Waals surface area contributed by atoms with Gasteiger partial charge in [0.05, 0.1) is 5.52 Å². The number of fused-ring (bicyclic) bond motifs is 1. The summed E-state index contributed by atoms with van der Waals surface area (Å²) in [4.78, 5) is 19.7. The molecule has 0 bridgehead atoms. The highest BCUT2D eigenvalue weighted by Gasteiger charge is 2.15. The first-order valence-electron chi connectivity index (χ1n) is 5.44. The molecular weight excluding hydrogens is 228 g/mol. The maximum atomic E-state index is 11.4. The molecule has 3 aromatic heterocycles. The number of nitrogens with zero attached hydrogens (tertiary/aromatic N) is 3. The number of primary amides is 1. The van der Waals surface area contributed by atoms with Gasteiger partial charge in [-0.1, -0.05) is 6.07 Å². The molecule has 3 heterocycles. The van der Waals surface area contributed by atoms with E-state index < -0.39 is 5.91 Å². The number of carbonyl (C=O) groups is 1. The Labute approximate surface area is 103 Å². The predicted molar refractivity (Wildman–Crippen MR) is 66.9 cm³/mol. The molecule has 0 aliphatic rings. The molecule has 0 atom stereocenters. The number of amides is 1. The molecule has 2 N–H and O–H groups in total. The zero-order chi connectivity index (χ0) is 12.5. The van der Waals surface area contributed by atoms with Crippen LogP contribution in [0.2, 0.25) is 0 Å². The van der Waals surface area contributed by atoms with Crippen LogP contribution < -0.4 is 5.73 Å². The van der Waals surface area contributed by atoms with Gasteiger partial charge in [-0.25, -0.2) is 4.98 Å². The summed E-state index contributed by atoms with van der Waals surface area (Å²) < 4.78 is 1.84. The van der Waals surface area contributed by atoms with Crippen molar-refractivity contribution >= 4 is 11.4 Å². The first-order chi connectivity index (χ1) is 8.77. The van der Waals surface area contributed by atoms with Crippen LogP contribution in [0.4, 0.5) is 0 Å². The van der Waals surface area contributed by atoms with Crippen molar-refractivity contribution in [2.45, 2.75) is 0 Å². The van der Waals surface area contributed by atoms with Crippen LogP contribution in [-0.4, -0.2) is 20.3 Å². The van der Waals surface area contributed by atoms with Crippen LogP contribution in [0.1, 0.15) is 10.5 Å². The lowest BCUT2D eigenvalue weighted by Gasteiger charge is -1.99. The van der Waals surface area contributed by atoms with Crippen LogP contribution in [0.5, 0.6) is 0 Å². The number of nitrogens with two attached hydrogens (primary N) is 1. The number of pyridine rings is 2. The number of aromatic nitrogens is 3. The van der Waals surface area contributed by atoms with Crippen molar-refractivity contribution in [1.29, 1.82) is 0 Å². The fraction of sp³-hybridized carbons (Fsp3) is 0. The fourth-order valence-corrected chi connectivity index (χ4v) is 1.92. The van der Waals surface area contributed by atoms with Gasteiger partial charge in [0.15, 0.2) is 5.69 Å². The van der Waals surface area contributed by atoms with Gasteiger partial charge in [0.1, 0.15) is 5.82 Å². The zero-order valence-corrected chi connectivity index (χ0v) is 9.45. The molecule has 0 aliphatic heterocycles. The van der Waals surface area contributed by atoms with Crippen LogP contribution in [0.3, 0.4) is 0 Å². The van der Waals surface area contributed by atoms with Gasteiger partial charge in [-0.05, 0) is 24.3 Å². The Morgan fingerprint density at radius 3 is 2.67 bits per heavy atom. The van der Waals surface area contributed by atoms with E-state index in [-0.39, 0.29) is 5.69 Å². The summed E-state index contributed by atoms with van der Waals surface area (Å²) in [6, 6.07) is 9.22. The molecular formula is C13H10N4O. The van der Waals surface area contributed by atoms with E-state index in [0.29, 0.717) is 11.3 Å². The smallest absolute Gasteiger partial charge is 0.269 e. The summed E-state index contributed by atoms with van der Waals surface area (Å²) in [6.45, 7) is 0. The molecule has 0 aliphatic carbocycles. The SMILES string of the molecule is NC(=O)c1nc(-c2ccncc2)n2ccccc12. The summed E-state index contributed by atoms with van der Waals surface area (Å²) in [5.74, 6) is 0.154. The van der Waals surface area contributed by atoms with Crippen molar-refractivity contribution in [3.8, 4) is 11.4 Å². The Bertz CT molecular complexity index is 718. The molecule has 3 aromatic rings. The van der Waals surface area contributed by atoms with Crippen molar-refractivity contribution in [1.82, 2.24) is 14.4 Å². The minimum Gasteiger partial charge on any atom is -0.364 e. The molecule has 0 spiro atoms. The minimum absolute atomic E-state index is 0.280. The van der Waals surface area contributed by atoms with E-state index in [2.05, 4.69) is 9.97 Å². The van der Waals surface area contributed by atoms with Crippen LogP contribution >= 0.6 is 0 Å². The second-order valence-corrected chi connectivity index (χ2v) is 3.84. The number of rotatable bonds is 2. The third-order valence-corrected chi connectivity index (χ3v) is 2.72. The third-order valence-electron chi connectivity index (χ3n) is 2.72. The van der Waals surface area contributed by atoms with E-state index >= 15 is 0 Å². The first-order valence-corrected chi connectivity index (χ1v) is 5.44. The van der Waals surface area contributed by atoms with Crippen LogP contribution in [0.15, 0.2) is 48.9 Å². The second kappa shape index (κ2) is 3.96. The molecule has 0 unspecified atom stereocenters. The highest BCUT2D eigenvalue weighted by molar-refractivity contribution is 5.98. The summed E-state index contributed by atoms with van der Waals surface area (Å²) in [6.07, 6.45) is 5.22. The molecule has 1 amide bonds. The van der Waals surface area contributed by atoms with Gasteiger partial charge in [-0.15, -0.1) is 0 Å². The molecule has 0 fully saturated rings. The lowest BCUT2D eigenvalue weighted by atomic mass is 10.2. The van der Waals surface area contributed by atoms with Crippen LogP contribution in [0.25, 0.3) is 16.9 Å². The average Bonchev–Trinajstić information content (AvgIpc) is 2.79. The second-order valence-electron chi connectivity index (χ2n) is 3.84. The van der Waals surface area contributed by atoms with Crippen molar-refractivity contribution in [2.75, 3.05) is 0 Å². The van der Waals surface area contributed by atoms with E-state index in [0.717, 1.165) is 5.56 Å². The Morgan fingerprint density at radius 1 is 1.17 bits per heavy atom. The zero-order valence-electron chi connectivity index (χ0n) is 9.45. The summed E-state index contributed by atoms with van der Waals surface area (Å²) >= 11 is 0. The highest BCUT2D eigenvalue weighted by Crippen LogP contribution is 2.21. The largest absolute Gasteiger partial charge is 0.364 e. The van der Waals surface area contributed by atoms with Gasteiger partial charge in [0.25, 0.3) is 5.91 Å². The lowest BCUT2D eigenvalue weighted by molar-refractivity contribution is 0.0997. The predicted octanol–water partition coefficient (Wildman–Crippen LogP) is 1.50. The molecule has 5 nitrogen and oxygen atoms in total. The van der Waals surface area contributed by atoms with E-state index in [1.54, 1.807) is 12.4 Å². The summed E-state index contributed by atoms with van der Waals surface area (Å²) in [7, 11) is 0. The van der Waals surface area contributed by atoms with Crippen molar-refractivity contribution in [3.05, 3.63) is 54.6 Å². The van der Waals surface area contributed by atoms with Gasteiger partial charge in [-0.3, -0.25) is 14.2 Å². The number of hydrogen-bond acceptors (Lipinski definition) is 3. The van der Waals surface area contributed by atoms with Crippen LogP contribution in [0, 0.1) is 0 Å². The first kappa shape index (κ1) is 10.5. The molecule has 0 radical (unpaired) electrons. The Hall–Kier alpha value is -2.69. The van der Waals surface area contributed by atoms with Gasteiger partial charge < -0.3 is 5.73 Å². The van der Waals surface area contributed by atoms with Crippen molar-refractivity contribution in [2.24, 2.45) is 5.73 Å². The molecule has 0 aromatic carbocycles. The molecule has 88 valence electrons. The Morgan fingerprint density at radius 2 is 1.94 bits per heavy atom. The molecule has 18 heavy (non-hydrogen) atoms. The Balaban J connectivity index is 2.34. The number of carbonyl (C=O) groups excluding carboxylic acids is 1. The molecule has 3 rings (SSSR count). The highest BCUT2D eigenvalue weighted by atomic mass is 16.1. The fourth-order valence-electron chi connectivity index (χ4n) is 1.92. The van der Waals surface area contributed by atoms with Crippen LogP contribution in [-0.2, 0) is 0 Å². The van der Waals surface area contributed by atoms with E-state index in [1.807, 2.05) is 40.9 Å². The molecule has 0 saturated heterocycles. The average molecular weight is 238 g/mol. The maximum absolute atomic E-state index is 11.4. The maximum Gasteiger partial charge on any atom is 0.269 e. The van der Waals surface area contributed by atoms with Crippen molar-refractivity contribution < 1.29 is 4.79 Å². The summed E-state index contributed by atoms with van der Waals surface area (Å²) in [5.41, 5.74) is 7.22. The molecule has 5 heteroatoms. The number of imidazole rings is 1. The normalized spacial score (nSPS) is 10.7. The van der Waals surface area contributed by atoms with E-state index in [9.17, 15) is 4.79 Å². The van der Waals surface area contributed by atoms with Gasteiger partial charge in [0, 0.05) is 24.2 Å². The standard InChI is InChI=1S/C13H10N4O/c14-12(18)11-10-3-1-2-8-17(10)13(16-11)9-4-6-15-7-5-9/h1-8H,(H2,14,18). The quantitative estimate of drug-likeness (QED) is 0.735. The van der Waals surface area contributed by atoms with Crippen molar-refractivity contribution in [3.63, 3.8) is 0 Å². The monoisotopic (exact) mass is 238 g/mol. The minimum atomic E-state index is -0.529. The lowest BCUT2D eigenvalue weighted by Crippen LogP contribution is -2.11. The van der Waals surface area contributed by atoms with Gasteiger partial charge in [0.2, 0.25) is 0 Å². The summed E-state index contributed by atoms with van der Waals surface area (Å²) in [5, 5.41) is 0. The number of hydrogen-bond donors (Lipinski definition) is 1. The Kier molecular flexibility index (Phi) is 2.30. The van der Waals surface area contributed by atoms with Gasteiger partial charge in [-0.2, -0.15) is 0 Å². The van der Waals surface area contributed by atoms with Gasteiger partial charge >= 0.3 is 0 Å². The van der Waals surface area contributed by atoms with E-state index in [1.165, 1.54) is 0 Å². The topological polar surface area (TPSA) is 73.3 Å². The third kappa shape index (κ3) is 1.53. The van der Waals surface area contributed by atoms with E-state index in [4.69, 9.17) is 5.73 Å².